The highest BCUT2D eigenvalue weighted by Gasteiger charge is 2.09. The summed E-state index contributed by atoms with van der Waals surface area (Å²) in [5.74, 6) is 2.46. The van der Waals surface area contributed by atoms with Crippen molar-refractivity contribution >= 4 is 41.3 Å². The SMILES string of the molecule is Cc1ccn(-c2ccccc2CN=C(NCc2cccs2)NCc2nnc(C)n2C)n1.I. The molecule has 0 aliphatic carbocycles. The van der Waals surface area contributed by atoms with Crippen molar-refractivity contribution < 1.29 is 0 Å². The highest BCUT2D eigenvalue weighted by Crippen LogP contribution is 2.15. The molecule has 3 aromatic heterocycles. The van der Waals surface area contributed by atoms with Gasteiger partial charge in [0.25, 0.3) is 0 Å². The number of halogens is 1. The van der Waals surface area contributed by atoms with Crippen LogP contribution in [0.25, 0.3) is 5.69 Å². The number of para-hydroxylation sites is 1. The van der Waals surface area contributed by atoms with Gasteiger partial charge in [0.15, 0.2) is 11.8 Å². The molecule has 0 atom stereocenters. The van der Waals surface area contributed by atoms with E-state index in [1.165, 1.54) is 4.88 Å². The van der Waals surface area contributed by atoms with Crippen LogP contribution in [-0.2, 0) is 26.7 Å². The summed E-state index contributed by atoms with van der Waals surface area (Å²) in [7, 11) is 1.96. The van der Waals surface area contributed by atoms with Crippen molar-refractivity contribution in [2.75, 3.05) is 0 Å². The molecular formula is C22H27IN8S. The van der Waals surface area contributed by atoms with Crippen molar-refractivity contribution in [3.8, 4) is 5.69 Å². The van der Waals surface area contributed by atoms with Gasteiger partial charge in [-0.05, 0) is 43.0 Å². The predicted octanol–water partition coefficient (Wildman–Crippen LogP) is 3.73. The Morgan fingerprint density at radius 3 is 2.53 bits per heavy atom. The summed E-state index contributed by atoms with van der Waals surface area (Å²) in [5, 5.41) is 21.8. The molecule has 0 bridgehead atoms. The Morgan fingerprint density at radius 1 is 1.03 bits per heavy atom. The molecule has 0 aliphatic heterocycles. The minimum Gasteiger partial charge on any atom is -0.351 e. The Hall–Kier alpha value is -2.73. The summed E-state index contributed by atoms with van der Waals surface area (Å²) < 4.78 is 3.87. The standard InChI is InChI=1S/C22H26N8S.HI/c1-16-10-11-30(28-16)20-9-5-4-7-18(20)13-23-22(24-14-19-8-6-12-31-19)25-15-21-27-26-17(2)29(21)3;/h4-12H,13-15H2,1-3H3,(H2,23,24,25);1H. The Kier molecular flexibility index (Phi) is 8.39. The first-order valence-corrected chi connectivity index (χ1v) is 11.0. The van der Waals surface area contributed by atoms with Gasteiger partial charge >= 0.3 is 0 Å². The Morgan fingerprint density at radius 2 is 1.84 bits per heavy atom. The molecule has 8 nitrogen and oxygen atoms in total. The van der Waals surface area contributed by atoms with Crippen LogP contribution in [0.2, 0.25) is 0 Å². The third-order valence-corrected chi connectivity index (χ3v) is 5.85. The summed E-state index contributed by atoms with van der Waals surface area (Å²) in [6.45, 7) is 5.69. The number of aryl methyl sites for hydroxylation is 2. The van der Waals surface area contributed by atoms with E-state index in [2.05, 4.69) is 55.6 Å². The zero-order valence-corrected chi connectivity index (χ0v) is 21.5. The molecule has 0 saturated carbocycles. The molecule has 0 fully saturated rings. The quantitative estimate of drug-likeness (QED) is 0.204. The van der Waals surface area contributed by atoms with Crippen LogP contribution >= 0.6 is 35.3 Å². The molecule has 2 N–H and O–H groups in total. The first-order chi connectivity index (χ1) is 15.1. The number of benzene rings is 1. The number of rotatable bonds is 7. The van der Waals surface area contributed by atoms with Gasteiger partial charge < -0.3 is 15.2 Å². The van der Waals surface area contributed by atoms with Crippen LogP contribution in [0, 0.1) is 13.8 Å². The van der Waals surface area contributed by atoms with E-state index < -0.39 is 0 Å². The number of hydrogen-bond acceptors (Lipinski definition) is 5. The van der Waals surface area contributed by atoms with Crippen LogP contribution < -0.4 is 10.6 Å². The maximum absolute atomic E-state index is 4.84. The van der Waals surface area contributed by atoms with Crippen molar-refractivity contribution in [3.05, 3.63) is 81.8 Å². The maximum atomic E-state index is 4.84. The third-order valence-electron chi connectivity index (χ3n) is 4.98. The molecule has 0 radical (unpaired) electrons. The van der Waals surface area contributed by atoms with E-state index in [1.807, 2.05) is 54.5 Å². The lowest BCUT2D eigenvalue weighted by Crippen LogP contribution is -2.37. The average molecular weight is 562 g/mol. The molecule has 3 heterocycles. The summed E-state index contributed by atoms with van der Waals surface area (Å²) in [6.07, 6.45) is 1.97. The van der Waals surface area contributed by atoms with Crippen LogP contribution in [0.15, 0.2) is 59.0 Å². The third kappa shape index (κ3) is 5.94. The lowest BCUT2D eigenvalue weighted by atomic mass is 10.2. The normalized spacial score (nSPS) is 11.3. The van der Waals surface area contributed by atoms with E-state index in [9.17, 15) is 0 Å². The van der Waals surface area contributed by atoms with Crippen LogP contribution in [0.4, 0.5) is 0 Å². The second-order valence-electron chi connectivity index (χ2n) is 7.20. The van der Waals surface area contributed by atoms with Crippen LogP contribution in [-0.4, -0.2) is 30.5 Å². The van der Waals surface area contributed by atoms with Crippen LogP contribution in [0.1, 0.15) is 27.8 Å². The Bertz CT molecular complexity index is 1160. The molecule has 4 rings (SSSR count). The van der Waals surface area contributed by atoms with Crippen LogP contribution in [0.3, 0.4) is 0 Å². The number of guanidine groups is 1. The fraction of sp³-hybridized carbons (Fsp3) is 0.273. The van der Waals surface area contributed by atoms with Gasteiger partial charge in [0, 0.05) is 18.1 Å². The largest absolute Gasteiger partial charge is 0.351 e. The molecule has 0 aliphatic rings. The van der Waals surface area contributed by atoms with Gasteiger partial charge in [0.2, 0.25) is 0 Å². The van der Waals surface area contributed by atoms with Gasteiger partial charge in [-0.3, -0.25) is 0 Å². The topological polar surface area (TPSA) is 85.0 Å². The smallest absolute Gasteiger partial charge is 0.192 e. The second kappa shape index (κ2) is 11.2. The van der Waals surface area contributed by atoms with Gasteiger partial charge in [-0.15, -0.1) is 45.5 Å². The zero-order chi connectivity index (χ0) is 21.6. The maximum Gasteiger partial charge on any atom is 0.192 e. The summed E-state index contributed by atoms with van der Waals surface area (Å²) >= 11 is 1.72. The highest BCUT2D eigenvalue weighted by molar-refractivity contribution is 14.0. The summed E-state index contributed by atoms with van der Waals surface area (Å²) in [4.78, 5) is 6.09. The summed E-state index contributed by atoms with van der Waals surface area (Å²) in [6, 6.07) is 14.3. The minimum atomic E-state index is 0. The second-order valence-corrected chi connectivity index (χ2v) is 8.24. The predicted molar refractivity (Wildman–Crippen MR) is 139 cm³/mol. The molecule has 0 amide bonds. The number of aliphatic imine (C=N–C) groups is 1. The molecule has 0 saturated heterocycles. The number of nitrogens with zero attached hydrogens (tertiary/aromatic N) is 6. The highest BCUT2D eigenvalue weighted by atomic mass is 127. The van der Waals surface area contributed by atoms with Crippen LogP contribution in [0.5, 0.6) is 0 Å². The first-order valence-electron chi connectivity index (χ1n) is 10.1. The van der Waals surface area contributed by atoms with Crippen molar-refractivity contribution in [1.82, 2.24) is 35.2 Å². The van der Waals surface area contributed by atoms with E-state index in [0.29, 0.717) is 19.6 Å². The van der Waals surface area contributed by atoms with E-state index >= 15 is 0 Å². The van der Waals surface area contributed by atoms with E-state index in [1.54, 1.807) is 11.3 Å². The number of hydrogen-bond donors (Lipinski definition) is 2. The van der Waals surface area contributed by atoms with Crippen molar-refractivity contribution in [3.63, 3.8) is 0 Å². The Labute approximate surface area is 208 Å². The first kappa shape index (κ1) is 23.9. The van der Waals surface area contributed by atoms with E-state index in [4.69, 9.17) is 4.99 Å². The monoisotopic (exact) mass is 562 g/mol. The van der Waals surface area contributed by atoms with Gasteiger partial charge in [-0.25, -0.2) is 9.67 Å². The molecule has 0 spiro atoms. The fourth-order valence-electron chi connectivity index (χ4n) is 3.11. The van der Waals surface area contributed by atoms with Gasteiger partial charge in [-0.1, -0.05) is 24.3 Å². The summed E-state index contributed by atoms with van der Waals surface area (Å²) in [5.41, 5.74) is 3.11. The van der Waals surface area contributed by atoms with Gasteiger partial charge in [0.05, 0.1) is 31.0 Å². The molecule has 4 aromatic rings. The Balaban J connectivity index is 0.00000289. The fourth-order valence-corrected chi connectivity index (χ4v) is 3.75. The van der Waals surface area contributed by atoms with E-state index in [0.717, 1.165) is 34.6 Å². The van der Waals surface area contributed by atoms with Crippen molar-refractivity contribution in [1.29, 1.82) is 0 Å². The van der Waals surface area contributed by atoms with Gasteiger partial charge in [0.1, 0.15) is 5.82 Å². The van der Waals surface area contributed by atoms with Gasteiger partial charge in [-0.2, -0.15) is 5.10 Å². The van der Waals surface area contributed by atoms with E-state index in [-0.39, 0.29) is 24.0 Å². The average Bonchev–Trinajstić information content (AvgIpc) is 3.52. The molecular weight excluding hydrogens is 535 g/mol. The number of aromatic nitrogens is 5. The van der Waals surface area contributed by atoms with Crippen molar-refractivity contribution in [2.24, 2.45) is 12.0 Å². The molecule has 10 heteroatoms. The lowest BCUT2D eigenvalue weighted by molar-refractivity contribution is 0.715. The molecule has 0 unspecified atom stereocenters. The lowest BCUT2D eigenvalue weighted by Gasteiger charge is -2.13. The molecule has 32 heavy (non-hydrogen) atoms. The zero-order valence-electron chi connectivity index (χ0n) is 18.3. The number of thiophene rings is 1. The molecule has 168 valence electrons. The molecule has 1 aromatic carbocycles. The minimum absolute atomic E-state index is 0. The number of nitrogens with one attached hydrogen (secondary N) is 2. The van der Waals surface area contributed by atoms with Crippen molar-refractivity contribution in [2.45, 2.75) is 33.5 Å².